The van der Waals surface area contributed by atoms with Crippen LogP contribution in [0.25, 0.3) is 10.8 Å². The Morgan fingerprint density at radius 1 is 1.16 bits per heavy atom. The molecule has 2 heterocycles. The van der Waals surface area contributed by atoms with Crippen LogP contribution in [0.4, 0.5) is 18.9 Å². The van der Waals surface area contributed by atoms with Crippen molar-refractivity contribution in [2.24, 2.45) is 7.05 Å². The Morgan fingerprint density at radius 2 is 1.92 bits per heavy atom. The standard InChI is InChI=1S/C17H12F3N3O2/c1-23-7-6-10-2-4-12(8-13(10)16(23)25)22-15(24)11-3-5-14(21-9-11)17(18,19)20/h2-9H,1H3,(H,22,24). The average molecular weight is 347 g/mol. The second kappa shape index (κ2) is 6.04. The normalized spacial score (nSPS) is 11.5. The number of alkyl halides is 3. The molecular weight excluding hydrogens is 335 g/mol. The summed E-state index contributed by atoms with van der Waals surface area (Å²) in [4.78, 5) is 27.5. The highest BCUT2D eigenvalue weighted by atomic mass is 19.4. The van der Waals surface area contributed by atoms with Crippen LogP contribution in [0.2, 0.25) is 0 Å². The zero-order valence-corrected chi connectivity index (χ0v) is 13.0. The van der Waals surface area contributed by atoms with Crippen LogP contribution in [0.1, 0.15) is 16.1 Å². The Bertz CT molecular complexity index is 1010. The Balaban J connectivity index is 1.87. The lowest BCUT2D eigenvalue weighted by Gasteiger charge is -2.08. The fourth-order valence-corrected chi connectivity index (χ4v) is 2.31. The maximum atomic E-state index is 12.5. The van der Waals surface area contributed by atoms with E-state index in [2.05, 4.69) is 10.3 Å². The Kier molecular flexibility index (Phi) is 4.03. The summed E-state index contributed by atoms with van der Waals surface area (Å²) in [6, 6.07) is 8.36. The number of hydrogen-bond donors (Lipinski definition) is 1. The summed E-state index contributed by atoms with van der Waals surface area (Å²) in [5.74, 6) is -0.617. The van der Waals surface area contributed by atoms with Crippen LogP contribution in [-0.4, -0.2) is 15.5 Å². The molecule has 128 valence electrons. The highest BCUT2D eigenvalue weighted by molar-refractivity contribution is 6.05. The average Bonchev–Trinajstić information content (AvgIpc) is 2.58. The van der Waals surface area contributed by atoms with Gasteiger partial charge in [-0.05, 0) is 35.7 Å². The SMILES string of the molecule is Cn1ccc2ccc(NC(=O)c3ccc(C(F)(F)F)nc3)cc2c1=O. The van der Waals surface area contributed by atoms with Crippen LogP contribution >= 0.6 is 0 Å². The van der Waals surface area contributed by atoms with E-state index in [-0.39, 0.29) is 11.1 Å². The number of nitrogens with one attached hydrogen (secondary N) is 1. The lowest BCUT2D eigenvalue weighted by Crippen LogP contribution is -2.17. The second-order valence-electron chi connectivity index (χ2n) is 5.42. The molecule has 0 atom stereocenters. The molecule has 0 aliphatic carbocycles. The number of anilines is 1. The number of fused-ring (bicyclic) bond motifs is 1. The van der Waals surface area contributed by atoms with Crippen molar-refractivity contribution in [1.82, 2.24) is 9.55 Å². The molecule has 0 spiro atoms. The van der Waals surface area contributed by atoms with Gasteiger partial charge in [0.15, 0.2) is 0 Å². The van der Waals surface area contributed by atoms with Crippen LogP contribution in [0.15, 0.2) is 53.6 Å². The summed E-state index contributed by atoms with van der Waals surface area (Å²) in [6.45, 7) is 0. The topological polar surface area (TPSA) is 64.0 Å². The number of amides is 1. The van der Waals surface area contributed by atoms with Crippen molar-refractivity contribution in [1.29, 1.82) is 0 Å². The molecule has 25 heavy (non-hydrogen) atoms. The fourth-order valence-electron chi connectivity index (χ4n) is 2.31. The van der Waals surface area contributed by atoms with E-state index < -0.39 is 17.8 Å². The number of aromatic nitrogens is 2. The van der Waals surface area contributed by atoms with Gasteiger partial charge in [0.1, 0.15) is 5.69 Å². The minimum Gasteiger partial charge on any atom is -0.322 e. The Hall–Kier alpha value is -3.16. The number of hydrogen-bond acceptors (Lipinski definition) is 3. The molecule has 0 aliphatic rings. The summed E-state index contributed by atoms with van der Waals surface area (Å²) in [7, 11) is 1.61. The molecule has 0 unspecified atom stereocenters. The number of benzene rings is 1. The van der Waals surface area contributed by atoms with Gasteiger partial charge >= 0.3 is 6.18 Å². The van der Waals surface area contributed by atoms with Gasteiger partial charge in [0.2, 0.25) is 0 Å². The smallest absolute Gasteiger partial charge is 0.322 e. The quantitative estimate of drug-likeness (QED) is 0.774. The van der Waals surface area contributed by atoms with E-state index in [0.717, 1.165) is 23.7 Å². The molecule has 1 N–H and O–H groups in total. The molecule has 0 radical (unpaired) electrons. The Morgan fingerprint density at radius 3 is 2.56 bits per heavy atom. The van der Waals surface area contributed by atoms with Crippen molar-refractivity contribution < 1.29 is 18.0 Å². The van der Waals surface area contributed by atoms with Crippen LogP contribution < -0.4 is 10.9 Å². The van der Waals surface area contributed by atoms with Crippen molar-refractivity contribution in [2.75, 3.05) is 5.32 Å². The first-order valence-corrected chi connectivity index (χ1v) is 7.20. The summed E-state index contributed by atoms with van der Waals surface area (Å²) >= 11 is 0. The number of nitrogens with zero attached hydrogens (tertiary/aromatic N) is 2. The number of pyridine rings is 2. The number of carbonyl (C=O) groups excluding carboxylic acids is 1. The van der Waals surface area contributed by atoms with Gasteiger partial charge in [-0.1, -0.05) is 6.07 Å². The molecule has 0 fully saturated rings. The number of rotatable bonds is 2. The van der Waals surface area contributed by atoms with E-state index in [1.807, 2.05) is 0 Å². The van der Waals surface area contributed by atoms with Gasteiger partial charge in [0.25, 0.3) is 11.5 Å². The number of halogens is 3. The van der Waals surface area contributed by atoms with E-state index >= 15 is 0 Å². The van der Waals surface area contributed by atoms with Crippen LogP contribution in [0.3, 0.4) is 0 Å². The van der Waals surface area contributed by atoms with E-state index in [1.54, 1.807) is 31.4 Å². The van der Waals surface area contributed by atoms with Crippen molar-refractivity contribution >= 4 is 22.4 Å². The first kappa shape index (κ1) is 16.7. The monoisotopic (exact) mass is 347 g/mol. The van der Waals surface area contributed by atoms with Crippen molar-refractivity contribution in [3.63, 3.8) is 0 Å². The predicted octanol–water partition coefficient (Wildman–Crippen LogP) is 3.20. The van der Waals surface area contributed by atoms with Gasteiger partial charge < -0.3 is 9.88 Å². The van der Waals surface area contributed by atoms with Gasteiger partial charge in [0, 0.05) is 30.5 Å². The summed E-state index contributed by atoms with van der Waals surface area (Å²) in [5, 5.41) is 3.69. The predicted molar refractivity (Wildman–Crippen MR) is 86.4 cm³/mol. The van der Waals surface area contributed by atoms with Gasteiger partial charge in [-0.2, -0.15) is 13.2 Å². The minimum absolute atomic E-state index is 0.0194. The molecule has 0 saturated heterocycles. The highest BCUT2D eigenvalue weighted by Gasteiger charge is 2.32. The molecule has 8 heteroatoms. The summed E-state index contributed by atoms with van der Waals surface area (Å²) < 4.78 is 38.9. The number of aryl methyl sites for hydroxylation is 1. The second-order valence-corrected chi connectivity index (χ2v) is 5.42. The third-order valence-corrected chi connectivity index (χ3v) is 3.66. The van der Waals surface area contributed by atoms with Gasteiger partial charge in [-0.3, -0.25) is 14.6 Å². The van der Waals surface area contributed by atoms with Crippen molar-refractivity contribution in [2.45, 2.75) is 6.18 Å². The molecule has 2 aromatic heterocycles. The molecule has 5 nitrogen and oxygen atoms in total. The zero-order valence-electron chi connectivity index (χ0n) is 13.0. The van der Waals surface area contributed by atoms with Crippen molar-refractivity contribution in [3.8, 4) is 0 Å². The molecular formula is C17H12F3N3O2. The van der Waals surface area contributed by atoms with Crippen LogP contribution in [0, 0.1) is 0 Å². The molecule has 3 aromatic rings. The third-order valence-electron chi connectivity index (χ3n) is 3.66. The van der Waals surface area contributed by atoms with Crippen LogP contribution in [-0.2, 0) is 13.2 Å². The highest BCUT2D eigenvalue weighted by Crippen LogP contribution is 2.27. The third kappa shape index (κ3) is 3.37. The van der Waals surface area contributed by atoms with Crippen LogP contribution in [0.5, 0.6) is 0 Å². The van der Waals surface area contributed by atoms with Gasteiger partial charge in [-0.15, -0.1) is 0 Å². The van der Waals surface area contributed by atoms with Gasteiger partial charge in [-0.25, -0.2) is 0 Å². The lowest BCUT2D eigenvalue weighted by molar-refractivity contribution is -0.141. The maximum Gasteiger partial charge on any atom is 0.433 e. The largest absolute Gasteiger partial charge is 0.433 e. The lowest BCUT2D eigenvalue weighted by atomic mass is 10.1. The molecule has 0 bridgehead atoms. The van der Waals surface area contributed by atoms with E-state index in [1.165, 1.54) is 10.6 Å². The van der Waals surface area contributed by atoms with E-state index in [0.29, 0.717) is 11.1 Å². The molecule has 0 aliphatic heterocycles. The fraction of sp³-hybridized carbons (Fsp3) is 0.118. The Labute approximate surface area is 139 Å². The first-order chi connectivity index (χ1) is 11.8. The zero-order chi connectivity index (χ0) is 18.2. The van der Waals surface area contributed by atoms with Crippen molar-refractivity contribution in [3.05, 3.63) is 70.4 Å². The molecule has 1 aromatic carbocycles. The minimum atomic E-state index is -4.56. The number of carbonyl (C=O) groups is 1. The first-order valence-electron chi connectivity index (χ1n) is 7.20. The van der Waals surface area contributed by atoms with Gasteiger partial charge in [0.05, 0.1) is 5.56 Å². The van der Waals surface area contributed by atoms with E-state index in [9.17, 15) is 22.8 Å². The van der Waals surface area contributed by atoms with E-state index in [4.69, 9.17) is 0 Å². The molecule has 1 amide bonds. The summed E-state index contributed by atoms with van der Waals surface area (Å²) in [6.07, 6.45) is -2.07. The molecule has 3 rings (SSSR count). The summed E-state index contributed by atoms with van der Waals surface area (Å²) in [5.41, 5.74) is -0.946. The molecule has 0 saturated carbocycles. The maximum absolute atomic E-state index is 12.5.